The van der Waals surface area contributed by atoms with Crippen molar-refractivity contribution >= 4 is 17.5 Å². The van der Waals surface area contributed by atoms with Gasteiger partial charge in [0.2, 0.25) is 5.91 Å². The summed E-state index contributed by atoms with van der Waals surface area (Å²) in [5.74, 6) is 1.11. The molecule has 0 radical (unpaired) electrons. The number of hydrogen-bond acceptors (Lipinski definition) is 3. The zero-order chi connectivity index (χ0) is 21.1. The van der Waals surface area contributed by atoms with E-state index < -0.39 is 0 Å². The molecule has 30 heavy (non-hydrogen) atoms. The van der Waals surface area contributed by atoms with Crippen molar-refractivity contribution in [3.05, 3.63) is 87.1 Å². The van der Waals surface area contributed by atoms with Crippen LogP contribution >= 0.6 is 11.6 Å². The number of hydrogen-bond donors (Lipinski definition) is 0. The van der Waals surface area contributed by atoms with Crippen LogP contribution in [-0.4, -0.2) is 38.2 Å². The maximum atomic E-state index is 12.7. The zero-order valence-corrected chi connectivity index (χ0v) is 17.8. The molecule has 0 saturated carbocycles. The highest BCUT2D eigenvalue weighted by Gasteiger charge is 2.28. The summed E-state index contributed by atoms with van der Waals surface area (Å²) in [4.78, 5) is 27.2. The van der Waals surface area contributed by atoms with Crippen LogP contribution in [0.4, 0.5) is 0 Å². The second-order valence-corrected chi connectivity index (χ2v) is 8.23. The zero-order valence-electron chi connectivity index (χ0n) is 17.0. The Bertz CT molecular complexity index is 1060. The molecule has 1 aliphatic rings. The average Bonchev–Trinajstić information content (AvgIpc) is 3.04. The molecule has 6 nitrogen and oxygen atoms in total. The second-order valence-electron chi connectivity index (χ2n) is 7.79. The van der Waals surface area contributed by atoms with Crippen LogP contribution in [0.25, 0.3) is 0 Å². The Morgan fingerprint density at radius 1 is 1.03 bits per heavy atom. The summed E-state index contributed by atoms with van der Waals surface area (Å²) in [6.07, 6.45) is 1.99. The summed E-state index contributed by atoms with van der Waals surface area (Å²) in [6.45, 7) is 1.86. The van der Waals surface area contributed by atoms with Gasteiger partial charge in [-0.1, -0.05) is 54.1 Å². The highest BCUT2D eigenvalue weighted by molar-refractivity contribution is 6.30. The Labute approximate surface area is 180 Å². The fourth-order valence-corrected chi connectivity index (χ4v) is 4.14. The fraction of sp³-hybridized carbons (Fsp3) is 0.348. The molecule has 0 bridgehead atoms. The maximum absolute atomic E-state index is 12.7. The molecule has 2 heterocycles. The highest BCUT2D eigenvalue weighted by Crippen LogP contribution is 2.27. The van der Waals surface area contributed by atoms with Gasteiger partial charge >= 0.3 is 5.69 Å². The summed E-state index contributed by atoms with van der Waals surface area (Å²) in [5.41, 5.74) is 1.94. The topological polar surface area (TPSA) is 60.1 Å². The average molecular weight is 425 g/mol. The number of carbonyl (C=O) groups is 1. The highest BCUT2D eigenvalue weighted by atomic mass is 35.5. The van der Waals surface area contributed by atoms with Crippen LogP contribution in [0.1, 0.15) is 35.7 Å². The van der Waals surface area contributed by atoms with Crippen molar-refractivity contribution in [3.63, 3.8) is 0 Å². The summed E-state index contributed by atoms with van der Waals surface area (Å²) in [7, 11) is 1.69. The van der Waals surface area contributed by atoms with E-state index in [1.807, 2.05) is 59.5 Å². The Morgan fingerprint density at radius 3 is 2.37 bits per heavy atom. The van der Waals surface area contributed by atoms with Gasteiger partial charge in [0.1, 0.15) is 5.82 Å². The molecule has 3 aromatic rings. The van der Waals surface area contributed by atoms with Gasteiger partial charge in [-0.05, 0) is 36.1 Å². The molecule has 1 fully saturated rings. The molecule has 4 rings (SSSR count). The molecule has 7 heteroatoms. The van der Waals surface area contributed by atoms with Crippen LogP contribution in [0.15, 0.2) is 59.4 Å². The van der Waals surface area contributed by atoms with Crippen LogP contribution in [0.3, 0.4) is 0 Å². The molecule has 2 aromatic carbocycles. The normalized spacial score (nSPS) is 14.8. The van der Waals surface area contributed by atoms with E-state index in [1.54, 1.807) is 11.6 Å². The van der Waals surface area contributed by atoms with E-state index in [9.17, 15) is 9.59 Å². The minimum atomic E-state index is -0.102. The number of carbonyl (C=O) groups excluding carboxylic acids is 1. The van der Waals surface area contributed by atoms with E-state index >= 15 is 0 Å². The lowest BCUT2D eigenvalue weighted by Gasteiger charge is -2.31. The molecule has 156 valence electrons. The first-order valence-corrected chi connectivity index (χ1v) is 10.6. The molecule has 1 aliphatic heterocycles. The van der Waals surface area contributed by atoms with Crippen LogP contribution < -0.4 is 5.69 Å². The lowest BCUT2D eigenvalue weighted by molar-refractivity contribution is -0.131. The number of aryl methyl sites for hydroxylation is 1. The van der Waals surface area contributed by atoms with Gasteiger partial charge in [0.15, 0.2) is 0 Å². The molecule has 0 unspecified atom stereocenters. The summed E-state index contributed by atoms with van der Waals surface area (Å²) >= 11 is 5.92. The Balaban J connectivity index is 1.43. The quantitative estimate of drug-likeness (QED) is 0.631. The van der Waals surface area contributed by atoms with Crippen LogP contribution in [0, 0.1) is 0 Å². The van der Waals surface area contributed by atoms with E-state index in [1.165, 1.54) is 4.68 Å². The van der Waals surface area contributed by atoms with Crippen molar-refractivity contribution < 1.29 is 4.79 Å². The number of amides is 1. The van der Waals surface area contributed by atoms with Crippen molar-refractivity contribution in [2.24, 2.45) is 7.05 Å². The van der Waals surface area contributed by atoms with Crippen molar-refractivity contribution in [1.82, 2.24) is 19.2 Å². The van der Waals surface area contributed by atoms with Crippen LogP contribution in [0.2, 0.25) is 5.02 Å². The minimum Gasteiger partial charge on any atom is -0.342 e. The largest absolute Gasteiger partial charge is 0.345 e. The Morgan fingerprint density at radius 2 is 1.70 bits per heavy atom. The first-order chi connectivity index (χ1) is 14.5. The molecule has 0 atom stereocenters. The molecule has 1 amide bonds. The van der Waals surface area contributed by atoms with Crippen LogP contribution in [0.5, 0.6) is 0 Å². The van der Waals surface area contributed by atoms with Gasteiger partial charge in [-0.2, -0.15) is 5.10 Å². The van der Waals surface area contributed by atoms with Crippen molar-refractivity contribution in [3.8, 4) is 0 Å². The van der Waals surface area contributed by atoms with E-state index in [0.29, 0.717) is 31.1 Å². The van der Waals surface area contributed by atoms with E-state index in [4.69, 9.17) is 11.6 Å². The van der Waals surface area contributed by atoms with Crippen molar-refractivity contribution in [1.29, 1.82) is 0 Å². The van der Waals surface area contributed by atoms with Crippen LogP contribution in [-0.2, 0) is 24.8 Å². The maximum Gasteiger partial charge on any atom is 0.345 e. The third-order valence-electron chi connectivity index (χ3n) is 5.70. The smallest absolute Gasteiger partial charge is 0.342 e. The molecule has 0 aliphatic carbocycles. The summed E-state index contributed by atoms with van der Waals surface area (Å²) < 4.78 is 3.18. The first kappa shape index (κ1) is 20.4. The van der Waals surface area contributed by atoms with Gasteiger partial charge in [0.25, 0.3) is 0 Å². The number of halogens is 1. The van der Waals surface area contributed by atoms with Crippen molar-refractivity contribution in [2.75, 3.05) is 13.1 Å². The third-order valence-corrected chi connectivity index (χ3v) is 5.95. The Kier molecular flexibility index (Phi) is 6.04. The van der Waals surface area contributed by atoms with Gasteiger partial charge in [-0.25, -0.2) is 9.48 Å². The number of likely N-dealkylation sites (tertiary alicyclic amines) is 1. The van der Waals surface area contributed by atoms with Gasteiger partial charge in [-0.15, -0.1) is 0 Å². The predicted octanol–water partition coefficient (Wildman–Crippen LogP) is 3.23. The molecule has 1 aromatic heterocycles. The number of aromatic nitrogens is 3. The number of rotatable bonds is 5. The number of benzene rings is 2. The molecule has 1 saturated heterocycles. The van der Waals surface area contributed by atoms with E-state index in [2.05, 4.69) is 5.10 Å². The lowest BCUT2D eigenvalue weighted by atomic mass is 9.95. The minimum absolute atomic E-state index is 0.102. The van der Waals surface area contributed by atoms with Gasteiger partial charge in [0, 0.05) is 31.1 Å². The standard InChI is InChI=1S/C23H25ClN4O2/c1-26-23(30)28(16-18-5-3-2-4-6-18)22(25-26)19-11-13-27(14-12-19)21(29)15-17-7-9-20(24)10-8-17/h2-10,19H,11-16H2,1H3. The molecular formula is C23H25ClN4O2. The van der Waals surface area contributed by atoms with Gasteiger partial charge < -0.3 is 4.90 Å². The summed E-state index contributed by atoms with van der Waals surface area (Å²) in [5, 5.41) is 5.20. The lowest BCUT2D eigenvalue weighted by Crippen LogP contribution is -2.39. The predicted molar refractivity (Wildman–Crippen MR) is 117 cm³/mol. The fourth-order valence-electron chi connectivity index (χ4n) is 4.02. The molecular weight excluding hydrogens is 400 g/mol. The first-order valence-electron chi connectivity index (χ1n) is 10.2. The van der Waals surface area contributed by atoms with Crippen molar-refractivity contribution in [2.45, 2.75) is 31.7 Å². The molecule has 0 N–H and O–H groups in total. The monoisotopic (exact) mass is 424 g/mol. The van der Waals surface area contributed by atoms with Gasteiger partial charge in [0.05, 0.1) is 13.0 Å². The second kappa shape index (κ2) is 8.88. The number of piperidine rings is 1. The SMILES string of the molecule is Cn1nc(C2CCN(C(=O)Cc3ccc(Cl)cc3)CC2)n(Cc2ccccc2)c1=O. The van der Waals surface area contributed by atoms with E-state index in [0.717, 1.165) is 29.8 Å². The molecule has 0 spiro atoms. The number of nitrogens with zero attached hydrogens (tertiary/aromatic N) is 4. The van der Waals surface area contributed by atoms with E-state index in [-0.39, 0.29) is 17.5 Å². The summed E-state index contributed by atoms with van der Waals surface area (Å²) in [6, 6.07) is 17.3. The van der Waals surface area contributed by atoms with Gasteiger partial charge in [-0.3, -0.25) is 9.36 Å². The third kappa shape index (κ3) is 4.49. The Hall–Kier alpha value is -2.86.